The zero-order valence-corrected chi connectivity index (χ0v) is 39.8. The van der Waals surface area contributed by atoms with Crippen LogP contribution in [0.1, 0.15) is 87.7 Å². The number of amides is 4. The first-order valence-electron chi connectivity index (χ1n) is 23.8. The molecule has 0 saturated carbocycles. The first-order chi connectivity index (χ1) is 33.9. The number of ether oxygens (including phenoxy) is 1. The van der Waals surface area contributed by atoms with Crippen molar-refractivity contribution in [3.05, 3.63) is 125 Å². The molecule has 358 valence electrons. The highest BCUT2D eigenvalue weighted by Crippen LogP contribution is 2.36. The van der Waals surface area contributed by atoms with Gasteiger partial charge in [0.15, 0.2) is 10.8 Å². The number of carboxylic acids is 1. The van der Waals surface area contributed by atoms with Crippen LogP contribution >= 0.6 is 11.3 Å². The number of carbonyl (C=O) groups excluding carboxylic acids is 4. The molecule has 0 aliphatic carbocycles. The van der Waals surface area contributed by atoms with Crippen LogP contribution in [0, 0.1) is 12.8 Å². The van der Waals surface area contributed by atoms with Crippen LogP contribution in [0.4, 0.5) is 16.6 Å². The van der Waals surface area contributed by atoms with Crippen molar-refractivity contribution >= 4 is 78.7 Å². The van der Waals surface area contributed by atoms with Crippen LogP contribution in [-0.4, -0.2) is 92.1 Å². The van der Waals surface area contributed by atoms with Crippen LogP contribution in [-0.2, 0) is 34.4 Å². The number of aryl methyl sites for hydroxylation is 1. The molecule has 3 aromatic heterocycles. The van der Waals surface area contributed by atoms with Crippen molar-refractivity contribution in [2.24, 2.45) is 13.0 Å². The Morgan fingerprint density at radius 3 is 2.61 bits per heavy atom. The molecule has 70 heavy (non-hydrogen) atoms. The number of likely N-dealkylation sites (tertiary alicyclic amines) is 1. The van der Waals surface area contributed by atoms with E-state index in [-0.39, 0.29) is 42.3 Å². The normalized spacial score (nSPS) is 17.3. The number of nitrogens with one attached hydrogen (secondary N) is 3. The third kappa shape index (κ3) is 9.71. The summed E-state index contributed by atoms with van der Waals surface area (Å²) in [4.78, 5) is 77.5. The Morgan fingerprint density at radius 1 is 0.914 bits per heavy atom. The second kappa shape index (κ2) is 19.8. The number of hydrogen-bond acceptors (Lipinski definition) is 12. The van der Waals surface area contributed by atoms with Gasteiger partial charge in [-0.3, -0.25) is 39.4 Å². The number of nitrogens with zero attached hydrogens (tertiary/aromatic N) is 6. The number of para-hydroxylation sites is 1. The van der Waals surface area contributed by atoms with Gasteiger partial charge in [-0.25, -0.2) is 14.8 Å². The molecule has 17 heteroatoms. The van der Waals surface area contributed by atoms with Crippen molar-refractivity contribution in [1.29, 1.82) is 0 Å². The zero-order valence-electron chi connectivity index (χ0n) is 39.0. The lowest BCUT2D eigenvalue weighted by atomic mass is 9.93. The van der Waals surface area contributed by atoms with Gasteiger partial charge >= 0.3 is 5.97 Å². The summed E-state index contributed by atoms with van der Waals surface area (Å²) >= 11 is 1.42. The molecule has 7 aromatic rings. The maximum absolute atomic E-state index is 13.6. The smallest absolute Gasteiger partial charge is 0.355 e. The molecule has 0 radical (unpaired) electrons. The number of pyridine rings is 1. The third-order valence-electron chi connectivity index (χ3n) is 13.7. The zero-order chi connectivity index (χ0) is 48.5. The lowest BCUT2D eigenvalue weighted by molar-refractivity contribution is -0.134. The monoisotopic (exact) mass is 959 g/mol. The van der Waals surface area contributed by atoms with E-state index in [0.717, 1.165) is 82.1 Å². The van der Waals surface area contributed by atoms with E-state index in [2.05, 4.69) is 30.9 Å². The molecule has 16 nitrogen and oxygen atoms in total. The second-order valence-corrected chi connectivity index (χ2v) is 19.4. The molecule has 10 rings (SSSR count). The maximum atomic E-state index is 13.6. The summed E-state index contributed by atoms with van der Waals surface area (Å²) in [6.45, 7) is 5.35. The number of rotatable bonds is 14. The number of thiazole rings is 1. The molecule has 4 N–H and O–H groups in total. The molecule has 2 saturated heterocycles. The Morgan fingerprint density at radius 2 is 1.77 bits per heavy atom. The fraction of sp³-hybridized carbons (Fsp3) is 0.321. The Labute approximate surface area is 408 Å². The molecule has 6 heterocycles. The number of benzene rings is 4. The average Bonchev–Trinajstić information content (AvgIpc) is 3.92. The molecule has 0 spiro atoms. The number of piperidine rings is 2. The quantitative estimate of drug-likeness (QED) is 0.0604. The SMILES string of the molecule is Cc1c(OCCC[C@@H]2CCCN(CC(=O)Nc3ccc4c(C5CCC(=O)NC5=O)nn(C)c4c3)C2)cccc1-c1ccc(N2CCc3cccc(C(=O)Nc4nc5ccccc5s4)c3C2)nc1C(=O)O. The predicted molar refractivity (Wildman–Crippen MR) is 268 cm³/mol. The highest BCUT2D eigenvalue weighted by atomic mass is 32.1. The molecule has 4 amide bonds. The Hall–Kier alpha value is -7.50. The van der Waals surface area contributed by atoms with E-state index in [9.17, 15) is 29.1 Å². The van der Waals surface area contributed by atoms with Crippen LogP contribution < -0.4 is 25.6 Å². The number of aromatic carboxylic acids is 1. The van der Waals surface area contributed by atoms with Crippen molar-refractivity contribution in [3.63, 3.8) is 0 Å². The number of carboxylic acid groups (broad SMARTS) is 1. The minimum absolute atomic E-state index is 0.0592. The fourth-order valence-corrected chi connectivity index (χ4v) is 11.1. The van der Waals surface area contributed by atoms with Gasteiger partial charge in [-0.05, 0) is 135 Å². The van der Waals surface area contributed by atoms with Crippen LogP contribution in [0.3, 0.4) is 0 Å². The fourth-order valence-electron chi connectivity index (χ4n) is 10.2. The van der Waals surface area contributed by atoms with Gasteiger partial charge in [0.25, 0.3) is 5.91 Å². The molecule has 2 fully saturated rings. The van der Waals surface area contributed by atoms with Crippen LogP contribution in [0.25, 0.3) is 32.2 Å². The molecule has 1 unspecified atom stereocenters. The van der Waals surface area contributed by atoms with Crippen molar-refractivity contribution < 1.29 is 33.8 Å². The van der Waals surface area contributed by atoms with E-state index in [0.29, 0.717) is 77.7 Å². The first-order valence-corrected chi connectivity index (χ1v) is 24.6. The van der Waals surface area contributed by atoms with Crippen molar-refractivity contribution in [3.8, 4) is 16.9 Å². The number of carbonyl (C=O) groups is 5. The number of fused-ring (bicyclic) bond motifs is 3. The van der Waals surface area contributed by atoms with Gasteiger partial charge in [-0.2, -0.15) is 5.10 Å². The lowest BCUT2D eigenvalue weighted by Crippen LogP contribution is -2.40. The molecule has 4 aromatic carbocycles. The number of hydrogen-bond donors (Lipinski definition) is 4. The van der Waals surface area contributed by atoms with Gasteiger partial charge in [0.1, 0.15) is 11.6 Å². The minimum Gasteiger partial charge on any atom is -0.493 e. The number of imide groups is 1. The van der Waals surface area contributed by atoms with Crippen molar-refractivity contribution in [1.82, 2.24) is 30.0 Å². The van der Waals surface area contributed by atoms with E-state index in [1.807, 2.05) is 103 Å². The van der Waals surface area contributed by atoms with E-state index in [4.69, 9.17) is 9.72 Å². The van der Waals surface area contributed by atoms with Crippen LogP contribution in [0.15, 0.2) is 91.0 Å². The average molecular weight is 960 g/mol. The van der Waals surface area contributed by atoms with E-state index in [1.54, 1.807) is 11.7 Å². The summed E-state index contributed by atoms with van der Waals surface area (Å²) in [6, 6.07) is 28.4. The van der Waals surface area contributed by atoms with Gasteiger partial charge in [0, 0.05) is 55.3 Å². The van der Waals surface area contributed by atoms with Crippen LogP contribution in [0.2, 0.25) is 0 Å². The summed E-state index contributed by atoms with van der Waals surface area (Å²) in [5.74, 6) is -0.964. The van der Waals surface area contributed by atoms with E-state index < -0.39 is 11.9 Å². The van der Waals surface area contributed by atoms with Gasteiger partial charge in [0.05, 0.1) is 40.5 Å². The second-order valence-electron chi connectivity index (χ2n) is 18.4. The summed E-state index contributed by atoms with van der Waals surface area (Å²) < 4.78 is 9.03. The van der Waals surface area contributed by atoms with Crippen molar-refractivity contribution in [2.45, 2.75) is 64.3 Å². The summed E-state index contributed by atoms with van der Waals surface area (Å²) in [5.41, 5.74) is 7.38. The highest BCUT2D eigenvalue weighted by molar-refractivity contribution is 7.22. The predicted octanol–water partition coefficient (Wildman–Crippen LogP) is 8.10. The number of aromatic nitrogens is 4. The highest BCUT2D eigenvalue weighted by Gasteiger charge is 2.32. The molecule has 3 aliphatic rings. The standard InChI is InChI=1S/C53H53N9O7S/c1-31-35(36-19-21-45(56-49(36)52(67)68)62-25-23-33-11-5-13-37(40(33)29-62)50(65)58-53-55-41-14-3-4-16-44(41)70-53)12-6-15-43(31)69-26-8-10-32-9-7-24-61(28-32)30-47(64)54-34-17-18-38-42(27-34)60(2)59-48(38)39-20-22-46(63)57-51(39)66/h3-6,11-19,21,27,32,39H,7-10,20,22-26,28-30H2,1-2H3,(H,54,64)(H,67,68)(H,55,58,65)(H,57,63,66)/t32-,39?/m0/s1. The largest absolute Gasteiger partial charge is 0.493 e. The van der Waals surface area contributed by atoms with Crippen LogP contribution in [0.5, 0.6) is 5.75 Å². The van der Waals surface area contributed by atoms with Gasteiger partial charge in [-0.15, -0.1) is 0 Å². The summed E-state index contributed by atoms with van der Waals surface area (Å²) in [5, 5.41) is 24.9. The van der Waals surface area contributed by atoms with Gasteiger partial charge in [0.2, 0.25) is 17.7 Å². The summed E-state index contributed by atoms with van der Waals surface area (Å²) in [7, 11) is 1.80. The molecule has 2 atom stereocenters. The maximum Gasteiger partial charge on any atom is 0.355 e. The first kappa shape index (κ1) is 46.2. The topological polar surface area (TPSA) is 201 Å². The molecular weight excluding hydrogens is 907 g/mol. The number of anilines is 3. The Bertz CT molecular complexity index is 3170. The van der Waals surface area contributed by atoms with E-state index in [1.165, 1.54) is 11.3 Å². The third-order valence-corrected chi connectivity index (χ3v) is 14.7. The summed E-state index contributed by atoms with van der Waals surface area (Å²) in [6.07, 6.45) is 5.19. The van der Waals surface area contributed by atoms with Gasteiger partial charge < -0.3 is 20.1 Å². The van der Waals surface area contributed by atoms with Crippen molar-refractivity contribution in [2.75, 3.05) is 48.3 Å². The van der Waals surface area contributed by atoms with E-state index >= 15 is 0 Å². The minimum atomic E-state index is -1.14. The molecular formula is C53H53N9O7S. The van der Waals surface area contributed by atoms with Gasteiger partial charge in [-0.1, -0.05) is 47.7 Å². The Balaban J connectivity index is 0.732. The molecule has 0 bridgehead atoms. The molecule has 3 aliphatic heterocycles. The lowest BCUT2D eigenvalue weighted by Gasteiger charge is -2.32. The Kier molecular flexibility index (Phi) is 13.1.